The van der Waals surface area contributed by atoms with E-state index >= 15 is 0 Å². The minimum Gasteiger partial charge on any atom is -0.493 e. The molecule has 2 aromatic carbocycles. The lowest BCUT2D eigenvalue weighted by atomic mass is 10.1. The number of ether oxygens (including phenoxy) is 3. The molecule has 0 fully saturated rings. The molecule has 0 aliphatic rings. The normalized spacial score (nSPS) is 12.1. The van der Waals surface area contributed by atoms with Gasteiger partial charge < -0.3 is 24.3 Å². The number of aromatic nitrogens is 1. The Morgan fingerprint density at radius 2 is 1.55 bits per heavy atom. The minimum atomic E-state index is -4.97. The smallest absolute Gasteiger partial charge is 0.493 e. The Labute approximate surface area is 169 Å². The standard InChI is InChI=1S/C19H13F6NO5/c1-29-14-7-13-10(5-16(26-13)31-17(27)28)4-15(14)30-8-9-2-11(18(20,21)22)6-12(3-9)19(23,24)25/h2-7,26H,8H2,1H3,(H,27,28). The van der Waals surface area contributed by atoms with Crippen molar-refractivity contribution < 1.29 is 50.5 Å². The van der Waals surface area contributed by atoms with Crippen LogP contribution in [0.5, 0.6) is 17.4 Å². The first-order valence-electron chi connectivity index (χ1n) is 8.39. The van der Waals surface area contributed by atoms with E-state index in [4.69, 9.17) is 14.6 Å². The average molecular weight is 449 g/mol. The molecule has 3 rings (SSSR count). The summed E-state index contributed by atoms with van der Waals surface area (Å²) in [6, 6.07) is 5.26. The summed E-state index contributed by atoms with van der Waals surface area (Å²) in [5, 5.41) is 9.07. The van der Waals surface area contributed by atoms with E-state index in [-0.39, 0.29) is 29.0 Å². The van der Waals surface area contributed by atoms with Gasteiger partial charge in [0.2, 0.25) is 5.88 Å². The maximum absolute atomic E-state index is 13.0. The SMILES string of the molecule is COc1cc2[nH]c(OC(=O)O)cc2cc1OCc1cc(C(F)(F)F)cc(C(F)(F)F)c1. The van der Waals surface area contributed by atoms with E-state index in [0.717, 1.165) is 0 Å². The highest BCUT2D eigenvalue weighted by atomic mass is 19.4. The third-order valence-electron chi connectivity index (χ3n) is 4.12. The quantitative estimate of drug-likeness (QED) is 0.377. The van der Waals surface area contributed by atoms with E-state index in [1.807, 2.05) is 0 Å². The fourth-order valence-corrected chi connectivity index (χ4v) is 2.80. The molecule has 0 atom stereocenters. The number of benzene rings is 2. The molecule has 0 amide bonds. The van der Waals surface area contributed by atoms with Crippen molar-refractivity contribution in [2.75, 3.05) is 7.11 Å². The second kappa shape index (κ2) is 7.93. The summed E-state index contributed by atoms with van der Waals surface area (Å²) in [6.45, 7) is -0.613. The first kappa shape index (κ1) is 22.1. The molecule has 0 saturated heterocycles. The summed E-state index contributed by atoms with van der Waals surface area (Å²) >= 11 is 0. The van der Waals surface area contributed by atoms with E-state index < -0.39 is 36.2 Å². The highest BCUT2D eigenvalue weighted by Gasteiger charge is 2.36. The highest BCUT2D eigenvalue weighted by molar-refractivity contribution is 5.85. The fraction of sp³-hybridized carbons (Fsp3) is 0.211. The molecule has 3 aromatic rings. The molecule has 1 aromatic heterocycles. The summed E-state index contributed by atoms with van der Waals surface area (Å²) in [4.78, 5) is 13.3. The van der Waals surface area contributed by atoms with Crippen LogP contribution in [0.2, 0.25) is 0 Å². The lowest BCUT2D eigenvalue weighted by molar-refractivity contribution is -0.143. The van der Waals surface area contributed by atoms with Crippen LogP contribution in [0, 0.1) is 0 Å². The van der Waals surface area contributed by atoms with Crippen LogP contribution in [-0.2, 0) is 19.0 Å². The van der Waals surface area contributed by atoms with Gasteiger partial charge in [0.05, 0.1) is 23.8 Å². The van der Waals surface area contributed by atoms with Gasteiger partial charge in [-0.15, -0.1) is 0 Å². The first-order valence-corrected chi connectivity index (χ1v) is 8.39. The number of hydrogen-bond acceptors (Lipinski definition) is 4. The number of fused-ring (bicyclic) bond motifs is 1. The molecule has 0 unspecified atom stereocenters. The number of rotatable bonds is 5. The minimum absolute atomic E-state index is 0.0156. The number of aromatic amines is 1. The van der Waals surface area contributed by atoms with Crippen molar-refractivity contribution in [1.82, 2.24) is 4.98 Å². The topological polar surface area (TPSA) is 80.8 Å². The van der Waals surface area contributed by atoms with E-state index in [2.05, 4.69) is 9.72 Å². The van der Waals surface area contributed by atoms with Gasteiger partial charge in [0.15, 0.2) is 11.5 Å². The summed E-state index contributed by atoms with van der Waals surface area (Å²) in [5.74, 6) is 0.0236. The van der Waals surface area contributed by atoms with Gasteiger partial charge in [-0.2, -0.15) is 26.3 Å². The largest absolute Gasteiger partial charge is 0.512 e. The Bertz CT molecular complexity index is 1090. The molecule has 2 N–H and O–H groups in total. The number of methoxy groups -OCH3 is 1. The monoisotopic (exact) mass is 449 g/mol. The van der Waals surface area contributed by atoms with E-state index in [0.29, 0.717) is 23.0 Å². The van der Waals surface area contributed by atoms with Crippen molar-refractivity contribution in [3.63, 3.8) is 0 Å². The van der Waals surface area contributed by atoms with Gasteiger partial charge in [-0.1, -0.05) is 0 Å². The Morgan fingerprint density at radius 1 is 0.935 bits per heavy atom. The highest BCUT2D eigenvalue weighted by Crippen LogP contribution is 2.38. The molecule has 1 heterocycles. The summed E-state index contributed by atoms with van der Waals surface area (Å²) in [7, 11) is 1.28. The lowest BCUT2D eigenvalue weighted by Gasteiger charge is -2.15. The molecule has 166 valence electrons. The van der Waals surface area contributed by atoms with Gasteiger partial charge in [0.25, 0.3) is 0 Å². The van der Waals surface area contributed by atoms with Gasteiger partial charge in [-0.3, -0.25) is 0 Å². The van der Waals surface area contributed by atoms with E-state index in [9.17, 15) is 31.1 Å². The molecule has 6 nitrogen and oxygen atoms in total. The van der Waals surface area contributed by atoms with Crippen LogP contribution in [0.25, 0.3) is 10.9 Å². The van der Waals surface area contributed by atoms with Crippen LogP contribution in [0.15, 0.2) is 36.4 Å². The summed E-state index contributed by atoms with van der Waals surface area (Å²) in [5.41, 5.74) is -2.86. The molecule has 0 bridgehead atoms. The molecule has 12 heteroatoms. The van der Waals surface area contributed by atoms with Gasteiger partial charge >= 0.3 is 18.5 Å². The number of H-pyrrole nitrogens is 1. The van der Waals surface area contributed by atoms with Crippen molar-refractivity contribution in [2.24, 2.45) is 0 Å². The second-order valence-corrected chi connectivity index (χ2v) is 6.29. The summed E-state index contributed by atoms with van der Waals surface area (Å²) in [6.07, 6.45) is -11.5. The Morgan fingerprint density at radius 3 is 2.06 bits per heavy atom. The molecule has 0 radical (unpaired) electrons. The van der Waals surface area contributed by atoms with Crippen molar-refractivity contribution >= 4 is 17.1 Å². The fourth-order valence-electron chi connectivity index (χ4n) is 2.80. The number of alkyl halides is 6. The van der Waals surface area contributed by atoms with Crippen LogP contribution in [0.1, 0.15) is 16.7 Å². The number of nitrogens with one attached hydrogen (secondary N) is 1. The van der Waals surface area contributed by atoms with Crippen LogP contribution < -0.4 is 14.2 Å². The Hall–Kier alpha value is -3.57. The van der Waals surface area contributed by atoms with Crippen LogP contribution >= 0.6 is 0 Å². The first-order chi connectivity index (χ1) is 14.4. The third-order valence-corrected chi connectivity index (χ3v) is 4.12. The zero-order chi connectivity index (χ0) is 23.0. The Balaban J connectivity index is 1.93. The molecule has 0 saturated carbocycles. The van der Waals surface area contributed by atoms with Crippen molar-refractivity contribution in [1.29, 1.82) is 0 Å². The number of carbonyl (C=O) groups is 1. The van der Waals surface area contributed by atoms with Gasteiger partial charge in [-0.05, 0) is 29.8 Å². The second-order valence-electron chi connectivity index (χ2n) is 6.29. The van der Waals surface area contributed by atoms with Gasteiger partial charge in [-0.25, -0.2) is 4.79 Å². The lowest BCUT2D eigenvalue weighted by Crippen LogP contribution is -2.12. The number of hydrogen-bond donors (Lipinski definition) is 2. The average Bonchev–Trinajstić information content (AvgIpc) is 3.04. The van der Waals surface area contributed by atoms with Gasteiger partial charge in [0, 0.05) is 17.5 Å². The molecule has 0 aliphatic heterocycles. The van der Waals surface area contributed by atoms with Crippen molar-refractivity contribution in [2.45, 2.75) is 19.0 Å². The van der Waals surface area contributed by atoms with Crippen molar-refractivity contribution in [3.8, 4) is 17.4 Å². The number of halogens is 6. The molecule has 0 aliphatic carbocycles. The number of carboxylic acid groups (broad SMARTS) is 1. The van der Waals surface area contributed by atoms with E-state index in [1.54, 1.807) is 0 Å². The molecular formula is C19H13F6NO5. The zero-order valence-corrected chi connectivity index (χ0v) is 15.5. The van der Waals surface area contributed by atoms with Crippen LogP contribution in [0.4, 0.5) is 31.1 Å². The maximum Gasteiger partial charge on any atom is 0.512 e. The van der Waals surface area contributed by atoms with Gasteiger partial charge in [0.1, 0.15) is 6.61 Å². The third kappa shape index (κ3) is 5.13. The predicted octanol–water partition coefficient (Wildman–Crippen LogP) is 5.85. The predicted molar refractivity (Wildman–Crippen MR) is 94.3 cm³/mol. The molecular weight excluding hydrogens is 436 g/mol. The maximum atomic E-state index is 13.0. The van der Waals surface area contributed by atoms with Crippen molar-refractivity contribution in [3.05, 3.63) is 53.1 Å². The van der Waals surface area contributed by atoms with E-state index in [1.165, 1.54) is 25.3 Å². The summed E-state index contributed by atoms with van der Waals surface area (Å²) < 4.78 is 93.0. The molecule has 31 heavy (non-hydrogen) atoms. The van der Waals surface area contributed by atoms with Crippen LogP contribution in [0.3, 0.4) is 0 Å². The molecule has 0 spiro atoms. The zero-order valence-electron chi connectivity index (χ0n) is 15.5. The van der Waals surface area contributed by atoms with Crippen LogP contribution in [-0.4, -0.2) is 23.4 Å². The Kier molecular flexibility index (Phi) is 5.66.